The van der Waals surface area contributed by atoms with Gasteiger partial charge in [0.2, 0.25) is 5.89 Å². The van der Waals surface area contributed by atoms with Crippen LogP contribution in [0, 0.1) is 6.92 Å². The van der Waals surface area contributed by atoms with Crippen molar-refractivity contribution >= 4 is 0 Å². The van der Waals surface area contributed by atoms with E-state index in [2.05, 4.69) is 9.97 Å². The van der Waals surface area contributed by atoms with Gasteiger partial charge in [-0.15, -0.1) is 0 Å². The fraction of sp³-hybridized carbons (Fsp3) is 0.273. The second-order valence-electron chi connectivity index (χ2n) is 3.23. The van der Waals surface area contributed by atoms with Gasteiger partial charge in [-0.25, -0.2) is 4.98 Å². The van der Waals surface area contributed by atoms with E-state index in [0.717, 1.165) is 17.0 Å². The van der Waals surface area contributed by atoms with E-state index < -0.39 is 0 Å². The zero-order valence-electron chi connectivity index (χ0n) is 8.47. The second-order valence-corrected chi connectivity index (χ2v) is 3.23. The van der Waals surface area contributed by atoms with Crippen LogP contribution >= 0.6 is 0 Å². The Morgan fingerprint density at radius 2 is 2.07 bits per heavy atom. The molecular weight excluding hydrogens is 192 g/mol. The van der Waals surface area contributed by atoms with E-state index >= 15 is 0 Å². The van der Waals surface area contributed by atoms with Crippen LogP contribution in [0.2, 0.25) is 0 Å². The molecule has 0 aliphatic carbocycles. The van der Waals surface area contributed by atoms with Crippen LogP contribution in [0.4, 0.5) is 0 Å². The van der Waals surface area contributed by atoms with E-state index in [0.29, 0.717) is 12.3 Å². The Morgan fingerprint density at radius 1 is 1.33 bits per heavy atom. The molecule has 0 atom stereocenters. The Balaban J connectivity index is 2.34. The molecule has 0 aromatic carbocycles. The van der Waals surface area contributed by atoms with Gasteiger partial charge in [0.1, 0.15) is 5.76 Å². The zero-order valence-corrected chi connectivity index (χ0v) is 8.47. The third-order valence-corrected chi connectivity index (χ3v) is 2.17. The molecule has 0 aliphatic heterocycles. The van der Waals surface area contributed by atoms with Crippen molar-refractivity contribution < 1.29 is 9.52 Å². The minimum Gasteiger partial charge on any atom is -0.441 e. The summed E-state index contributed by atoms with van der Waals surface area (Å²) in [5, 5.41) is 8.83. The topological polar surface area (TPSA) is 59.2 Å². The largest absolute Gasteiger partial charge is 0.441 e. The van der Waals surface area contributed by atoms with Crippen molar-refractivity contribution in [2.75, 3.05) is 6.61 Å². The van der Waals surface area contributed by atoms with Crippen LogP contribution < -0.4 is 0 Å². The van der Waals surface area contributed by atoms with Gasteiger partial charge in [0.05, 0.1) is 5.69 Å². The fourth-order valence-corrected chi connectivity index (χ4v) is 1.38. The number of aliphatic hydroxyl groups is 1. The highest BCUT2D eigenvalue weighted by atomic mass is 16.4. The molecule has 2 heterocycles. The highest BCUT2D eigenvalue weighted by molar-refractivity contribution is 5.52. The average Bonchev–Trinajstić information content (AvgIpc) is 2.63. The summed E-state index contributed by atoms with van der Waals surface area (Å²) >= 11 is 0. The van der Waals surface area contributed by atoms with Gasteiger partial charge < -0.3 is 9.52 Å². The van der Waals surface area contributed by atoms with Gasteiger partial charge in [0, 0.05) is 31.0 Å². The highest BCUT2D eigenvalue weighted by Crippen LogP contribution is 2.20. The predicted molar refractivity (Wildman–Crippen MR) is 55.3 cm³/mol. The number of rotatable bonds is 3. The van der Waals surface area contributed by atoms with Gasteiger partial charge in [0.25, 0.3) is 0 Å². The van der Waals surface area contributed by atoms with Crippen LogP contribution in [0.3, 0.4) is 0 Å². The molecule has 0 unspecified atom stereocenters. The maximum Gasteiger partial charge on any atom is 0.226 e. The maximum atomic E-state index is 8.83. The van der Waals surface area contributed by atoms with E-state index in [9.17, 15) is 0 Å². The molecule has 2 rings (SSSR count). The molecule has 0 aliphatic rings. The molecule has 1 N–H and O–H groups in total. The quantitative estimate of drug-likeness (QED) is 0.824. The summed E-state index contributed by atoms with van der Waals surface area (Å²) in [6, 6.07) is 3.68. The normalized spacial score (nSPS) is 10.5. The third-order valence-electron chi connectivity index (χ3n) is 2.17. The van der Waals surface area contributed by atoms with Crippen molar-refractivity contribution in [1.82, 2.24) is 9.97 Å². The Labute approximate surface area is 87.6 Å². The first kappa shape index (κ1) is 9.86. The highest BCUT2D eigenvalue weighted by Gasteiger charge is 2.10. The lowest BCUT2D eigenvalue weighted by Crippen LogP contribution is -1.92. The number of aromatic nitrogens is 2. The first-order valence-corrected chi connectivity index (χ1v) is 4.79. The minimum atomic E-state index is 0.0865. The molecule has 15 heavy (non-hydrogen) atoms. The van der Waals surface area contributed by atoms with E-state index in [-0.39, 0.29) is 6.61 Å². The molecule has 4 heteroatoms. The van der Waals surface area contributed by atoms with Crippen molar-refractivity contribution in [1.29, 1.82) is 0 Å². The van der Waals surface area contributed by atoms with Crippen LogP contribution in [0.5, 0.6) is 0 Å². The van der Waals surface area contributed by atoms with Gasteiger partial charge in [-0.2, -0.15) is 0 Å². The molecule has 0 saturated carbocycles. The minimum absolute atomic E-state index is 0.0865. The van der Waals surface area contributed by atoms with Gasteiger partial charge in [-0.05, 0) is 19.1 Å². The Kier molecular flexibility index (Phi) is 2.78. The Hall–Kier alpha value is -1.68. The van der Waals surface area contributed by atoms with Crippen molar-refractivity contribution in [3.05, 3.63) is 36.0 Å². The molecule has 0 spiro atoms. The fourth-order valence-electron chi connectivity index (χ4n) is 1.38. The van der Waals surface area contributed by atoms with Gasteiger partial charge in [-0.1, -0.05) is 0 Å². The van der Waals surface area contributed by atoms with Gasteiger partial charge in [0.15, 0.2) is 0 Å². The predicted octanol–water partition coefficient (Wildman–Crippen LogP) is 1.58. The second kappa shape index (κ2) is 4.23. The van der Waals surface area contributed by atoms with Crippen LogP contribution in [0.1, 0.15) is 11.5 Å². The van der Waals surface area contributed by atoms with E-state index in [1.807, 2.05) is 19.1 Å². The summed E-state index contributed by atoms with van der Waals surface area (Å²) in [4.78, 5) is 8.24. The summed E-state index contributed by atoms with van der Waals surface area (Å²) in [5.74, 6) is 1.34. The van der Waals surface area contributed by atoms with Crippen LogP contribution in [0.25, 0.3) is 11.5 Å². The van der Waals surface area contributed by atoms with Crippen LogP contribution in [0.15, 0.2) is 28.9 Å². The Morgan fingerprint density at radius 3 is 2.73 bits per heavy atom. The SMILES string of the molecule is Cc1oc(-c2ccncc2)nc1CCO. The molecular formula is C11H12N2O2. The van der Waals surface area contributed by atoms with E-state index in [1.165, 1.54) is 0 Å². The number of nitrogens with zero attached hydrogens (tertiary/aromatic N) is 2. The summed E-state index contributed by atoms with van der Waals surface area (Å²) in [6.07, 6.45) is 3.92. The molecule has 0 saturated heterocycles. The lowest BCUT2D eigenvalue weighted by Gasteiger charge is -1.91. The van der Waals surface area contributed by atoms with Crippen LogP contribution in [-0.2, 0) is 6.42 Å². The third kappa shape index (κ3) is 2.05. The van der Waals surface area contributed by atoms with Crippen LogP contribution in [-0.4, -0.2) is 21.7 Å². The van der Waals surface area contributed by atoms with E-state index in [1.54, 1.807) is 12.4 Å². The molecule has 4 nitrogen and oxygen atoms in total. The average molecular weight is 204 g/mol. The lowest BCUT2D eigenvalue weighted by atomic mass is 10.2. The number of oxazole rings is 1. The van der Waals surface area contributed by atoms with Crippen molar-refractivity contribution in [2.24, 2.45) is 0 Å². The number of hydrogen-bond acceptors (Lipinski definition) is 4. The summed E-state index contributed by atoms with van der Waals surface area (Å²) < 4.78 is 5.50. The molecule has 2 aromatic rings. The van der Waals surface area contributed by atoms with Gasteiger partial charge >= 0.3 is 0 Å². The van der Waals surface area contributed by atoms with Crippen molar-refractivity contribution in [3.8, 4) is 11.5 Å². The molecule has 0 amide bonds. The molecule has 0 radical (unpaired) electrons. The van der Waals surface area contributed by atoms with E-state index in [4.69, 9.17) is 9.52 Å². The smallest absolute Gasteiger partial charge is 0.226 e. The Bertz CT molecular complexity index is 437. The van der Waals surface area contributed by atoms with Gasteiger partial charge in [-0.3, -0.25) is 4.98 Å². The van der Waals surface area contributed by atoms with Crippen molar-refractivity contribution in [2.45, 2.75) is 13.3 Å². The summed E-state index contributed by atoms with van der Waals surface area (Å²) in [5.41, 5.74) is 1.71. The zero-order chi connectivity index (χ0) is 10.7. The lowest BCUT2D eigenvalue weighted by molar-refractivity contribution is 0.297. The monoisotopic (exact) mass is 204 g/mol. The molecule has 0 fully saturated rings. The maximum absolute atomic E-state index is 8.83. The first-order chi connectivity index (χ1) is 7.31. The summed E-state index contributed by atoms with van der Waals surface area (Å²) in [6.45, 7) is 1.94. The number of aryl methyl sites for hydroxylation is 1. The summed E-state index contributed by atoms with van der Waals surface area (Å²) in [7, 11) is 0. The molecule has 78 valence electrons. The first-order valence-electron chi connectivity index (χ1n) is 4.79. The van der Waals surface area contributed by atoms with Crippen molar-refractivity contribution in [3.63, 3.8) is 0 Å². The number of pyridine rings is 1. The number of hydrogen-bond donors (Lipinski definition) is 1. The molecule has 2 aromatic heterocycles. The number of aliphatic hydroxyl groups excluding tert-OH is 1. The molecule has 0 bridgehead atoms. The standard InChI is InChI=1S/C11H12N2O2/c1-8-10(4-7-14)13-11(15-8)9-2-5-12-6-3-9/h2-3,5-6,14H,4,7H2,1H3.